The molecule has 18 heavy (non-hydrogen) atoms. The van der Waals surface area contributed by atoms with E-state index in [0.29, 0.717) is 12.1 Å². The summed E-state index contributed by atoms with van der Waals surface area (Å²) in [4.78, 5) is 0. The zero-order chi connectivity index (χ0) is 13.2. The zero-order valence-corrected chi connectivity index (χ0v) is 9.54. The van der Waals surface area contributed by atoms with E-state index >= 15 is 0 Å². The Morgan fingerprint density at radius 3 is 2.33 bits per heavy atom. The molecule has 0 atom stereocenters. The molecule has 0 amide bonds. The van der Waals surface area contributed by atoms with Crippen molar-refractivity contribution in [3.8, 4) is 11.1 Å². The third kappa shape index (κ3) is 2.54. The van der Waals surface area contributed by atoms with Crippen molar-refractivity contribution >= 4 is 0 Å². The molecule has 0 fully saturated rings. The molecule has 2 aromatic carbocycles. The summed E-state index contributed by atoms with van der Waals surface area (Å²) in [5.41, 5.74) is 6.40. The average Bonchev–Trinajstić information content (AvgIpc) is 2.38. The van der Waals surface area contributed by atoms with Crippen molar-refractivity contribution in [2.75, 3.05) is 0 Å². The second kappa shape index (κ2) is 4.82. The van der Waals surface area contributed by atoms with Crippen LogP contribution in [0.25, 0.3) is 11.1 Å². The number of hydrogen-bond acceptors (Lipinski definition) is 1. The van der Waals surface area contributed by atoms with Crippen molar-refractivity contribution in [2.24, 2.45) is 5.73 Å². The number of nitrogens with two attached hydrogens (primary N) is 1. The summed E-state index contributed by atoms with van der Waals surface area (Å²) < 4.78 is 38.7. The van der Waals surface area contributed by atoms with E-state index in [0.717, 1.165) is 11.6 Å². The molecule has 0 radical (unpaired) electrons. The van der Waals surface area contributed by atoms with Gasteiger partial charge in [0.05, 0.1) is 5.56 Å². The van der Waals surface area contributed by atoms with Crippen LogP contribution in [0.1, 0.15) is 11.1 Å². The van der Waals surface area contributed by atoms with Crippen molar-refractivity contribution in [3.05, 3.63) is 59.7 Å². The predicted octanol–water partition coefficient (Wildman–Crippen LogP) is 3.83. The van der Waals surface area contributed by atoms with Crippen molar-refractivity contribution in [3.63, 3.8) is 0 Å². The van der Waals surface area contributed by atoms with Crippen LogP contribution in [-0.4, -0.2) is 0 Å². The minimum Gasteiger partial charge on any atom is -0.326 e. The Morgan fingerprint density at radius 2 is 1.67 bits per heavy atom. The molecule has 0 aliphatic carbocycles. The Morgan fingerprint density at radius 1 is 0.944 bits per heavy atom. The van der Waals surface area contributed by atoms with Gasteiger partial charge in [0.25, 0.3) is 0 Å². The van der Waals surface area contributed by atoms with Crippen LogP contribution in [0, 0.1) is 0 Å². The lowest BCUT2D eigenvalue weighted by Gasteiger charge is -2.13. The minimum absolute atomic E-state index is 0.181. The van der Waals surface area contributed by atoms with Crippen LogP contribution in [-0.2, 0) is 12.7 Å². The van der Waals surface area contributed by atoms with Gasteiger partial charge in [0.1, 0.15) is 0 Å². The molecule has 0 unspecified atom stereocenters. The topological polar surface area (TPSA) is 26.0 Å². The molecule has 0 aliphatic rings. The summed E-state index contributed by atoms with van der Waals surface area (Å²) in [6, 6.07) is 12.4. The first-order valence-electron chi connectivity index (χ1n) is 5.48. The molecule has 2 rings (SSSR count). The third-order valence-electron chi connectivity index (χ3n) is 2.71. The first-order valence-corrected chi connectivity index (χ1v) is 5.48. The maximum absolute atomic E-state index is 12.9. The van der Waals surface area contributed by atoms with Crippen molar-refractivity contribution < 1.29 is 13.2 Å². The fraction of sp³-hybridized carbons (Fsp3) is 0.143. The molecule has 0 bridgehead atoms. The van der Waals surface area contributed by atoms with Gasteiger partial charge in [0.2, 0.25) is 0 Å². The largest absolute Gasteiger partial charge is 0.417 e. The highest BCUT2D eigenvalue weighted by molar-refractivity contribution is 5.68. The molecule has 2 N–H and O–H groups in total. The molecule has 0 aromatic heterocycles. The van der Waals surface area contributed by atoms with E-state index in [1.807, 2.05) is 0 Å². The summed E-state index contributed by atoms with van der Waals surface area (Å²) >= 11 is 0. The molecule has 0 saturated carbocycles. The number of hydrogen-bond donors (Lipinski definition) is 1. The van der Waals surface area contributed by atoms with Gasteiger partial charge in [-0.25, -0.2) is 0 Å². The summed E-state index contributed by atoms with van der Waals surface area (Å²) in [7, 11) is 0. The quantitative estimate of drug-likeness (QED) is 0.862. The smallest absolute Gasteiger partial charge is 0.326 e. The lowest BCUT2D eigenvalue weighted by molar-refractivity contribution is -0.137. The van der Waals surface area contributed by atoms with Crippen molar-refractivity contribution in [2.45, 2.75) is 12.7 Å². The fourth-order valence-corrected chi connectivity index (χ4v) is 1.85. The Bertz CT molecular complexity index is 547. The van der Waals surface area contributed by atoms with Gasteiger partial charge in [0, 0.05) is 6.54 Å². The van der Waals surface area contributed by atoms with E-state index in [1.165, 1.54) is 12.1 Å². The summed E-state index contributed by atoms with van der Waals surface area (Å²) in [6.45, 7) is 0.308. The average molecular weight is 251 g/mol. The van der Waals surface area contributed by atoms with Gasteiger partial charge in [0.15, 0.2) is 0 Å². The molecule has 0 heterocycles. The molecule has 4 heteroatoms. The standard InChI is InChI=1S/C14H12F3N/c15-14(16,17)13-7-2-1-6-12(13)11-5-3-4-10(8-11)9-18/h1-8H,9,18H2. The normalized spacial score (nSPS) is 11.6. The lowest BCUT2D eigenvalue weighted by atomic mass is 9.98. The van der Waals surface area contributed by atoms with E-state index in [4.69, 9.17) is 5.73 Å². The highest BCUT2D eigenvalue weighted by atomic mass is 19.4. The van der Waals surface area contributed by atoms with Gasteiger partial charge in [-0.2, -0.15) is 13.2 Å². The molecule has 0 aliphatic heterocycles. The molecule has 1 nitrogen and oxygen atoms in total. The molecular weight excluding hydrogens is 239 g/mol. The third-order valence-corrected chi connectivity index (χ3v) is 2.71. The number of rotatable bonds is 2. The molecule has 2 aromatic rings. The van der Waals surface area contributed by atoms with E-state index in [9.17, 15) is 13.2 Å². The minimum atomic E-state index is -4.35. The van der Waals surface area contributed by atoms with Crippen molar-refractivity contribution in [1.82, 2.24) is 0 Å². The summed E-state index contributed by atoms with van der Waals surface area (Å²) in [5, 5.41) is 0. The van der Waals surface area contributed by atoms with Crippen LogP contribution in [0.3, 0.4) is 0 Å². The van der Waals surface area contributed by atoms with Gasteiger partial charge in [-0.3, -0.25) is 0 Å². The van der Waals surface area contributed by atoms with E-state index < -0.39 is 11.7 Å². The highest BCUT2D eigenvalue weighted by Gasteiger charge is 2.33. The van der Waals surface area contributed by atoms with Gasteiger partial charge in [-0.05, 0) is 28.8 Å². The maximum Gasteiger partial charge on any atom is 0.417 e. The second-order valence-electron chi connectivity index (χ2n) is 3.95. The van der Waals surface area contributed by atoms with E-state index in [-0.39, 0.29) is 5.56 Å². The van der Waals surface area contributed by atoms with Crippen LogP contribution in [0.5, 0.6) is 0 Å². The SMILES string of the molecule is NCc1cccc(-c2ccccc2C(F)(F)F)c1. The van der Waals surface area contributed by atoms with Crippen LogP contribution in [0.2, 0.25) is 0 Å². The Kier molecular flexibility index (Phi) is 3.39. The molecule has 94 valence electrons. The number of alkyl halides is 3. The molecule has 0 saturated heterocycles. The lowest BCUT2D eigenvalue weighted by Crippen LogP contribution is -2.07. The van der Waals surface area contributed by atoms with Gasteiger partial charge in [-0.15, -0.1) is 0 Å². The fourth-order valence-electron chi connectivity index (χ4n) is 1.85. The first-order chi connectivity index (χ1) is 8.52. The number of halogens is 3. The van der Waals surface area contributed by atoms with Crippen LogP contribution < -0.4 is 5.73 Å². The van der Waals surface area contributed by atoms with Gasteiger partial charge < -0.3 is 5.73 Å². The molecular formula is C14H12F3N. The van der Waals surface area contributed by atoms with Crippen LogP contribution >= 0.6 is 0 Å². The maximum atomic E-state index is 12.9. The van der Waals surface area contributed by atoms with Gasteiger partial charge in [-0.1, -0.05) is 36.4 Å². The first kappa shape index (κ1) is 12.6. The van der Waals surface area contributed by atoms with E-state index in [2.05, 4.69) is 0 Å². The monoisotopic (exact) mass is 251 g/mol. The Labute approximate surface area is 103 Å². The zero-order valence-electron chi connectivity index (χ0n) is 9.54. The Balaban J connectivity index is 2.57. The predicted molar refractivity (Wildman–Crippen MR) is 64.8 cm³/mol. The van der Waals surface area contributed by atoms with Crippen molar-refractivity contribution in [1.29, 1.82) is 0 Å². The summed E-state index contributed by atoms with van der Waals surface area (Å²) in [5.74, 6) is 0. The highest BCUT2D eigenvalue weighted by Crippen LogP contribution is 2.36. The van der Waals surface area contributed by atoms with Crippen LogP contribution in [0.4, 0.5) is 13.2 Å². The Hall–Kier alpha value is -1.81. The molecule has 0 spiro atoms. The van der Waals surface area contributed by atoms with E-state index in [1.54, 1.807) is 30.3 Å². The second-order valence-corrected chi connectivity index (χ2v) is 3.95. The van der Waals surface area contributed by atoms with Gasteiger partial charge >= 0.3 is 6.18 Å². The summed E-state index contributed by atoms with van der Waals surface area (Å²) in [6.07, 6.45) is -4.35. The number of benzene rings is 2. The van der Waals surface area contributed by atoms with Crippen LogP contribution in [0.15, 0.2) is 48.5 Å².